The molecule has 2 aromatic rings. The lowest BCUT2D eigenvalue weighted by molar-refractivity contribution is 0.312. The highest BCUT2D eigenvalue weighted by atomic mass is 32.2. The Hall–Kier alpha value is -1.65. The lowest BCUT2D eigenvalue weighted by atomic mass is 9.86. The fraction of sp³-hybridized carbons (Fsp3) is 0.400. The monoisotopic (exact) mass is 346 g/mol. The van der Waals surface area contributed by atoms with Gasteiger partial charge in [-0.05, 0) is 48.4 Å². The second-order valence-corrected chi connectivity index (χ2v) is 8.75. The van der Waals surface area contributed by atoms with Gasteiger partial charge in [-0.3, -0.25) is 4.18 Å². The van der Waals surface area contributed by atoms with Crippen LogP contribution in [0.1, 0.15) is 43.9 Å². The van der Waals surface area contributed by atoms with E-state index in [4.69, 9.17) is 4.18 Å². The summed E-state index contributed by atoms with van der Waals surface area (Å²) >= 11 is 0. The normalized spacial score (nSPS) is 12.3. The Kier molecular flexibility index (Phi) is 5.83. The highest BCUT2D eigenvalue weighted by Crippen LogP contribution is 2.22. The third kappa shape index (κ3) is 5.18. The topological polar surface area (TPSA) is 43.4 Å². The van der Waals surface area contributed by atoms with Crippen LogP contribution in [0.5, 0.6) is 0 Å². The summed E-state index contributed by atoms with van der Waals surface area (Å²) in [6.07, 6.45) is 1.47. The number of hydrogen-bond donors (Lipinski definition) is 0. The van der Waals surface area contributed by atoms with Gasteiger partial charge >= 0.3 is 0 Å². The molecule has 24 heavy (non-hydrogen) atoms. The molecule has 0 radical (unpaired) electrons. The summed E-state index contributed by atoms with van der Waals surface area (Å²) < 4.78 is 29.3. The lowest BCUT2D eigenvalue weighted by Crippen LogP contribution is -2.11. The number of aryl methyl sites for hydroxylation is 2. The summed E-state index contributed by atoms with van der Waals surface area (Å²) in [6, 6.07) is 15.2. The van der Waals surface area contributed by atoms with Gasteiger partial charge < -0.3 is 0 Å². The van der Waals surface area contributed by atoms with Crippen molar-refractivity contribution >= 4 is 10.1 Å². The first-order valence-corrected chi connectivity index (χ1v) is 9.65. The van der Waals surface area contributed by atoms with E-state index in [1.165, 1.54) is 11.1 Å². The molecule has 0 atom stereocenters. The zero-order valence-electron chi connectivity index (χ0n) is 14.9. The van der Waals surface area contributed by atoms with Crippen molar-refractivity contribution in [2.45, 2.75) is 50.8 Å². The van der Waals surface area contributed by atoms with Crippen LogP contribution < -0.4 is 0 Å². The van der Waals surface area contributed by atoms with Crippen LogP contribution in [0.15, 0.2) is 53.4 Å². The minimum atomic E-state index is -3.66. The fourth-order valence-electron chi connectivity index (χ4n) is 2.39. The van der Waals surface area contributed by atoms with E-state index in [0.29, 0.717) is 6.42 Å². The van der Waals surface area contributed by atoms with Crippen LogP contribution in [0.25, 0.3) is 0 Å². The standard InChI is InChI=1S/C20H26O3S/c1-16-7-13-19(14-8-16)24(21,22)23-15-5-6-17-9-11-18(12-10-17)20(2,3)4/h7-14H,5-6,15H2,1-4H3. The quantitative estimate of drug-likeness (QED) is 0.566. The van der Waals surface area contributed by atoms with Crippen molar-refractivity contribution in [2.75, 3.05) is 6.61 Å². The van der Waals surface area contributed by atoms with Gasteiger partial charge in [0, 0.05) is 0 Å². The Labute approximate surface area is 145 Å². The highest BCUT2D eigenvalue weighted by molar-refractivity contribution is 7.86. The lowest BCUT2D eigenvalue weighted by Gasteiger charge is -2.19. The molecule has 0 N–H and O–H groups in total. The van der Waals surface area contributed by atoms with Crippen LogP contribution in [0.2, 0.25) is 0 Å². The molecular weight excluding hydrogens is 320 g/mol. The summed E-state index contributed by atoms with van der Waals surface area (Å²) in [5.41, 5.74) is 3.65. The molecule has 0 aliphatic carbocycles. The first-order valence-electron chi connectivity index (χ1n) is 8.24. The number of rotatable bonds is 6. The SMILES string of the molecule is Cc1ccc(S(=O)(=O)OCCCc2ccc(C(C)(C)C)cc2)cc1. The van der Waals surface area contributed by atoms with E-state index in [9.17, 15) is 8.42 Å². The Morgan fingerprint density at radius 2 is 1.50 bits per heavy atom. The van der Waals surface area contributed by atoms with Gasteiger partial charge in [-0.15, -0.1) is 0 Å². The second-order valence-electron chi connectivity index (χ2n) is 7.14. The van der Waals surface area contributed by atoms with Gasteiger partial charge in [-0.1, -0.05) is 62.7 Å². The van der Waals surface area contributed by atoms with Crippen molar-refractivity contribution in [3.8, 4) is 0 Å². The van der Waals surface area contributed by atoms with E-state index in [2.05, 4.69) is 45.0 Å². The van der Waals surface area contributed by atoms with E-state index in [0.717, 1.165) is 12.0 Å². The first-order chi connectivity index (χ1) is 11.2. The van der Waals surface area contributed by atoms with Crippen molar-refractivity contribution in [3.05, 3.63) is 65.2 Å². The van der Waals surface area contributed by atoms with Crippen molar-refractivity contribution in [1.29, 1.82) is 0 Å². The largest absolute Gasteiger partial charge is 0.296 e. The predicted octanol–water partition coefficient (Wildman–Crippen LogP) is 4.63. The number of benzene rings is 2. The molecule has 2 rings (SSSR count). The van der Waals surface area contributed by atoms with Crippen molar-refractivity contribution < 1.29 is 12.6 Å². The van der Waals surface area contributed by atoms with Crippen LogP contribution >= 0.6 is 0 Å². The summed E-state index contributed by atoms with van der Waals surface area (Å²) in [6.45, 7) is 8.67. The van der Waals surface area contributed by atoms with Crippen LogP contribution in [0.4, 0.5) is 0 Å². The first kappa shape index (κ1) is 18.7. The molecule has 0 aliphatic heterocycles. The third-order valence-electron chi connectivity index (χ3n) is 3.98. The average Bonchev–Trinajstić information content (AvgIpc) is 2.52. The summed E-state index contributed by atoms with van der Waals surface area (Å²) in [4.78, 5) is 0.211. The van der Waals surface area contributed by atoms with E-state index in [1.807, 2.05) is 6.92 Å². The highest BCUT2D eigenvalue weighted by Gasteiger charge is 2.15. The van der Waals surface area contributed by atoms with Gasteiger partial charge in [-0.2, -0.15) is 8.42 Å². The van der Waals surface area contributed by atoms with E-state index < -0.39 is 10.1 Å². The van der Waals surface area contributed by atoms with Gasteiger partial charge in [0.25, 0.3) is 10.1 Å². The predicted molar refractivity (Wildman–Crippen MR) is 97.8 cm³/mol. The van der Waals surface area contributed by atoms with Gasteiger partial charge in [0.2, 0.25) is 0 Å². The zero-order valence-corrected chi connectivity index (χ0v) is 15.7. The Morgan fingerprint density at radius 1 is 0.917 bits per heavy atom. The Bertz CT molecular complexity index is 752. The van der Waals surface area contributed by atoms with E-state index >= 15 is 0 Å². The molecule has 3 nitrogen and oxygen atoms in total. The molecule has 0 unspecified atom stereocenters. The molecule has 0 saturated heterocycles. The molecule has 0 amide bonds. The van der Waals surface area contributed by atoms with E-state index in [1.54, 1.807) is 24.3 Å². The molecule has 0 saturated carbocycles. The maximum Gasteiger partial charge on any atom is 0.296 e. The summed E-state index contributed by atoms with van der Waals surface area (Å²) in [7, 11) is -3.66. The molecule has 2 aromatic carbocycles. The molecule has 0 spiro atoms. The molecule has 130 valence electrons. The average molecular weight is 346 g/mol. The van der Waals surface area contributed by atoms with Crippen LogP contribution in [0.3, 0.4) is 0 Å². The minimum Gasteiger partial charge on any atom is -0.266 e. The maximum atomic E-state index is 12.1. The molecule has 0 bridgehead atoms. The summed E-state index contributed by atoms with van der Waals surface area (Å²) in [5, 5.41) is 0. The molecule has 0 heterocycles. The van der Waals surface area contributed by atoms with Gasteiger partial charge in [0.05, 0.1) is 11.5 Å². The zero-order chi connectivity index (χ0) is 17.8. The fourth-order valence-corrected chi connectivity index (χ4v) is 3.33. The van der Waals surface area contributed by atoms with Crippen LogP contribution in [-0.2, 0) is 26.1 Å². The number of hydrogen-bond acceptors (Lipinski definition) is 3. The van der Waals surface area contributed by atoms with Crippen molar-refractivity contribution in [2.24, 2.45) is 0 Å². The van der Waals surface area contributed by atoms with Gasteiger partial charge in [0.15, 0.2) is 0 Å². The van der Waals surface area contributed by atoms with Crippen LogP contribution in [-0.4, -0.2) is 15.0 Å². The van der Waals surface area contributed by atoms with Crippen LogP contribution in [0, 0.1) is 6.92 Å². The van der Waals surface area contributed by atoms with E-state index in [-0.39, 0.29) is 16.9 Å². The minimum absolute atomic E-state index is 0.143. The summed E-state index contributed by atoms with van der Waals surface area (Å²) in [5.74, 6) is 0. The molecule has 0 fully saturated rings. The van der Waals surface area contributed by atoms with Crippen molar-refractivity contribution in [1.82, 2.24) is 0 Å². The molecule has 0 aromatic heterocycles. The Morgan fingerprint density at radius 3 is 2.04 bits per heavy atom. The van der Waals surface area contributed by atoms with Crippen molar-refractivity contribution in [3.63, 3.8) is 0 Å². The molecular formula is C20H26O3S. The second kappa shape index (κ2) is 7.49. The third-order valence-corrected chi connectivity index (χ3v) is 5.30. The molecule has 0 aliphatic rings. The van der Waals surface area contributed by atoms with Gasteiger partial charge in [-0.25, -0.2) is 0 Å². The smallest absolute Gasteiger partial charge is 0.266 e. The Balaban J connectivity index is 1.85. The van der Waals surface area contributed by atoms with Gasteiger partial charge in [0.1, 0.15) is 0 Å². The maximum absolute atomic E-state index is 12.1. The molecule has 4 heteroatoms.